The standard InChI is InChI=1S/C14H14INO2/c1-18-12-5-4-9-6-11(3-2-10(9)7-12)13(15)8-14(16)17/h2-7,13H,8H2,1H3,(H2,16,17). The van der Waals surface area contributed by atoms with Crippen molar-refractivity contribution in [2.45, 2.75) is 10.3 Å². The van der Waals surface area contributed by atoms with E-state index in [1.54, 1.807) is 7.11 Å². The molecule has 4 heteroatoms. The summed E-state index contributed by atoms with van der Waals surface area (Å²) in [7, 11) is 1.66. The Labute approximate surface area is 119 Å². The van der Waals surface area contributed by atoms with Crippen LogP contribution in [0.1, 0.15) is 15.9 Å². The molecule has 1 unspecified atom stereocenters. The third-order valence-electron chi connectivity index (χ3n) is 2.81. The van der Waals surface area contributed by atoms with E-state index in [4.69, 9.17) is 10.5 Å². The van der Waals surface area contributed by atoms with Crippen LogP contribution in [-0.2, 0) is 4.79 Å². The van der Waals surface area contributed by atoms with Crippen molar-refractivity contribution in [1.82, 2.24) is 0 Å². The molecule has 0 saturated heterocycles. The summed E-state index contributed by atoms with van der Waals surface area (Å²) in [5, 5.41) is 2.26. The topological polar surface area (TPSA) is 52.3 Å². The maximum absolute atomic E-state index is 10.9. The molecule has 2 aromatic carbocycles. The summed E-state index contributed by atoms with van der Waals surface area (Å²) in [6.45, 7) is 0. The van der Waals surface area contributed by atoms with Gasteiger partial charge in [-0.25, -0.2) is 0 Å². The van der Waals surface area contributed by atoms with Crippen LogP contribution in [0, 0.1) is 0 Å². The average Bonchev–Trinajstić information content (AvgIpc) is 2.36. The van der Waals surface area contributed by atoms with Crippen molar-refractivity contribution in [2.75, 3.05) is 7.11 Å². The van der Waals surface area contributed by atoms with E-state index < -0.39 is 0 Å². The van der Waals surface area contributed by atoms with Gasteiger partial charge in [-0.05, 0) is 28.5 Å². The summed E-state index contributed by atoms with van der Waals surface area (Å²) in [6.07, 6.45) is 0.363. The first-order valence-electron chi connectivity index (χ1n) is 5.60. The number of carbonyl (C=O) groups is 1. The van der Waals surface area contributed by atoms with Crippen LogP contribution in [0.4, 0.5) is 0 Å². The number of nitrogens with two attached hydrogens (primary N) is 1. The molecule has 0 fully saturated rings. The Bertz CT molecular complexity index is 583. The molecule has 0 spiro atoms. The molecule has 3 nitrogen and oxygen atoms in total. The number of hydrogen-bond acceptors (Lipinski definition) is 2. The lowest BCUT2D eigenvalue weighted by Crippen LogP contribution is -2.12. The predicted octanol–water partition coefficient (Wildman–Crippen LogP) is 3.20. The molecule has 0 radical (unpaired) electrons. The van der Waals surface area contributed by atoms with Gasteiger partial charge in [0.1, 0.15) is 5.75 Å². The van der Waals surface area contributed by atoms with E-state index in [0.717, 1.165) is 22.1 Å². The minimum Gasteiger partial charge on any atom is -0.497 e. The van der Waals surface area contributed by atoms with Crippen LogP contribution in [0.25, 0.3) is 10.8 Å². The van der Waals surface area contributed by atoms with Crippen molar-refractivity contribution in [3.8, 4) is 5.75 Å². The first-order valence-corrected chi connectivity index (χ1v) is 6.85. The number of amides is 1. The maximum atomic E-state index is 10.9. The number of fused-ring (bicyclic) bond motifs is 1. The number of rotatable bonds is 4. The summed E-state index contributed by atoms with van der Waals surface area (Å²) < 4.78 is 5.31. The maximum Gasteiger partial charge on any atom is 0.218 e. The van der Waals surface area contributed by atoms with Crippen LogP contribution < -0.4 is 10.5 Å². The van der Waals surface area contributed by atoms with E-state index in [1.165, 1.54) is 0 Å². The molecular formula is C14H14INO2. The molecule has 0 bridgehead atoms. The Morgan fingerprint density at radius 1 is 1.28 bits per heavy atom. The third-order valence-corrected chi connectivity index (χ3v) is 3.97. The quantitative estimate of drug-likeness (QED) is 0.677. The number of halogens is 1. The fraction of sp³-hybridized carbons (Fsp3) is 0.214. The first kappa shape index (κ1) is 13.1. The Morgan fingerprint density at radius 2 is 1.94 bits per heavy atom. The molecule has 0 aliphatic heterocycles. The molecule has 0 saturated carbocycles. The molecule has 2 aromatic rings. The molecule has 1 amide bonds. The molecule has 0 heterocycles. The molecular weight excluding hydrogens is 341 g/mol. The first-order chi connectivity index (χ1) is 8.60. The molecule has 0 aromatic heterocycles. The normalized spacial score (nSPS) is 12.3. The van der Waals surface area contributed by atoms with Gasteiger partial charge in [0.15, 0.2) is 0 Å². The van der Waals surface area contributed by atoms with E-state index in [0.29, 0.717) is 6.42 Å². The van der Waals surface area contributed by atoms with Crippen molar-refractivity contribution < 1.29 is 9.53 Å². The number of carbonyl (C=O) groups excluding carboxylic acids is 1. The van der Waals surface area contributed by atoms with Gasteiger partial charge in [0.25, 0.3) is 0 Å². The number of ether oxygens (including phenoxy) is 1. The van der Waals surface area contributed by atoms with E-state index in [-0.39, 0.29) is 9.83 Å². The Balaban J connectivity index is 2.35. The number of hydrogen-bond donors (Lipinski definition) is 1. The second-order valence-electron chi connectivity index (χ2n) is 4.11. The summed E-state index contributed by atoms with van der Waals surface area (Å²) in [6, 6.07) is 12.1. The van der Waals surface area contributed by atoms with Gasteiger partial charge in [0.2, 0.25) is 5.91 Å². The highest BCUT2D eigenvalue weighted by molar-refractivity contribution is 14.1. The third kappa shape index (κ3) is 2.93. The summed E-state index contributed by atoms with van der Waals surface area (Å²) in [5.41, 5.74) is 6.34. The van der Waals surface area contributed by atoms with Crippen LogP contribution in [0.15, 0.2) is 36.4 Å². The molecule has 1 atom stereocenters. The zero-order valence-corrected chi connectivity index (χ0v) is 12.2. The van der Waals surface area contributed by atoms with Crippen molar-refractivity contribution in [3.63, 3.8) is 0 Å². The van der Waals surface area contributed by atoms with Crippen LogP contribution in [0.3, 0.4) is 0 Å². The van der Waals surface area contributed by atoms with Gasteiger partial charge in [-0.3, -0.25) is 4.79 Å². The number of primary amides is 1. The smallest absolute Gasteiger partial charge is 0.218 e. The molecule has 0 aliphatic carbocycles. The summed E-state index contributed by atoms with van der Waals surface area (Å²) in [4.78, 5) is 10.9. The van der Waals surface area contributed by atoms with Gasteiger partial charge in [-0.1, -0.05) is 46.9 Å². The van der Waals surface area contributed by atoms with E-state index in [2.05, 4.69) is 28.7 Å². The van der Waals surface area contributed by atoms with Gasteiger partial charge < -0.3 is 10.5 Å². The largest absolute Gasteiger partial charge is 0.497 e. The summed E-state index contributed by atoms with van der Waals surface area (Å²) >= 11 is 2.24. The van der Waals surface area contributed by atoms with Crippen molar-refractivity contribution in [3.05, 3.63) is 42.0 Å². The van der Waals surface area contributed by atoms with Crippen LogP contribution in [-0.4, -0.2) is 13.0 Å². The van der Waals surface area contributed by atoms with Gasteiger partial charge in [-0.2, -0.15) is 0 Å². The predicted molar refractivity (Wildman–Crippen MR) is 81.1 cm³/mol. The van der Waals surface area contributed by atoms with Crippen molar-refractivity contribution in [2.24, 2.45) is 5.73 Å². The fourth-order valence-electron chi connectivity index (χ4n) is 1.86. The summed E-state index contributed by atoms with van der Waals surface area (Å²) in [5.74, 6) is 0.572. The number of alkyl halides is 1. The minimum absolute atomic E-state index is 0.117. The highest BCUT2D eigenvalue weighted by Crippen LogP contribution is 2.30. The highest BCUT2D eigenvalue weighted by atomic mass is 127. The van der Waals surface area contributed by atoms with E-state index in [9.17, 15) is 4.79 Å². The molecule has 94 valence electrons. The second-order valence-corrected chi connectivity index (χ2v) is 5.61. The highest BCUT2D eigenvalue weighted by Gasteiger charge is 2.11. The molecule has 18 heavy (non-hydrogen) atoms. The lowest BCUT2D eigenvalue weighted by Gasteiger charge is -2.10. The molecule has 2 rings (SSSR count). The lowest BCUT2D eigenvalue weighted by molar-refractivity contribution is -0.117. The lowest BCUT2D eigenvalue weighted by atomic mass is 10.0. The minimum atomic E-state index is -0.274. The Hall–Kier alpha value is -1.30. The SMILES string of the molecule is COc1ccc2cc(C(I)CC(N)=O)ccc2c1. The number of benzene rings is 2. The number of methoxy groups -OCH3 is 1. The van der Waals surface area contributed by atoms with Gasteiger partial charge >= 0.3 is 0 Å². The van der Waals surface area contributed by atoms with Crippen LogP contribution in [0.2, 0.25) is 0 Å². The average molecular weight is 355 g/mol. The van der Waals surface area contributed by atoms with E-state index >= 15 is 0 Å². The van der Waals surface area contributed by atoms with Gasteiger partial charge in [-0.15, -0.1) is 0 Å². The molecule has 2 N–H and O–H groups in total. The zero-order valence-electron chi connectivity index (χ0n) is 10.0. The second kappa shape index (κ2) is 5.56. The Kier molecular flexibility index (Phi) is 4.06. The van der Waals surface area contributed by atoms with E-state index in [1.807, 2.05) is 30.3 Å². The van der Waals surface area contributed by atoms with Crippen LogP contribution in [0.5, 0.6) is 5.75 Å². The van der Waals surface area contributed by atoms with Crippen LogP contribution >= 0.6 is 22.6 Å². The van der Waals surface area contributed by atoms with Crippen molar-refractivity contribution >= 4 is 39.3 Å². The fourth-order valence-corrected chi connectivity index (χ4v) is 2.68. The van der Waals surface area contributed by atoms with Crippen molar-refractivity contribution in [1.29, 1.82) is 0 Å². The monoisotopic (exact) mass is 355 g/mol. The zero-order chi connectivity index (χ0) is 13.1. The molecule has 0 aliphatic rings. The van der Waals surface area contributed by atoms with Gasteiger partial charge in [0.05, 0.1) is 7.11 Å². The van der Waals surface area contributed by atoms with Gasteiger partial charge in [0, 0.05) is 10.3 Å². The Morgan fingerprint density at radius 3 is 2.61 bits per heavy atom.